The molecule has 1 aliphatic rings. The Labute approximate surface area is 216 Å². The molecule has 0 saturated heterocycles. The van der Waals surface area contributed by atoms with Crippen molar-refractivity contribution in [2.45, 2.75) is 57.1 Å². The Morgan fingerprint density at radius 1 is 1.24 bits per heavy atom. The molecule has 3 aromatic rings. The summed E-state index contributed by atoms with van der Waals surface area (Å²) in [5, 5.41) is 13.3. The number of pyridine rings is 1. The maximum absolute atomic E-state index is 14.9. The number of carbonyl (C=O) groups is 1. The molecule has 1 N–H and O–H groups in total. The molecule has 11 heteroatoms. The van der Waals surface area contributed by atoms with Crippen LogP contribution >= 0.6 is 0 Å². The van der Waals surface area contributed by atoms with Crippen LogP contribution in [0.15, 0.2) is 35.5 Å². The van der Waals surface area contributed by atoms with E-state index in [1.165, 1.54) is 24.4 Å². The van der Waals surface area contributed by atoms with Gasteiger partial charge in [0.2, 0.25) is 5.91 Å². The van der Waals surface area contributed by atoms with Gasteiger partial charge in [-0.1, -0.05) is 0 Å². The first-order valence-corrected chi connectivity index (χ1v) is 13.5. The van der Waals surface area contributed by atoms with Crippen molar-refractivity contribution in [2.24, 2.45) is 0 Å². The number of nitrogens with one attached hydrogen (secondary N) is 1. The molecule has 0 bridgehead atoms. The summed E-state index contributed by atoms with van der Waals surface area (Å²) in [7, 11) is -0.499. The molecular weight excluding hydrogens is 495 g/mol. The van der Waals surface area contributed by atoms with Crippen LogP contribution in [0.3, 0.4) is 0 Å². The topological polar surface area (TPSA) is 121 Å². The molecule has 9 nitrogen and oxygen atoms in total. The molecule has 0 radical (unpaired) electrons. The normalized spacial score (nSPS) is 13.1. The van der Waals surface area contributed by atoms with Crippen LogP contribution < -0.4 is 4.72 Å². The minimum absolute atomic E-state index is 0.0716. The lowest BCUT2D eigenvalue weighted by Crippen LogP contribution is -2.32. The molecule has 0 spiro atoms. The lowest BCUT2D eigenvalue weighted by molar-refractivity contribution is -0.118. The van der Waals surface area contributed by atoms with Gasteiger partial charge in [-0.25, -0.2) is 14.1 Å². The van der Waals surface area contributed by atoms with Crippen molar-refractivity contribution in [1.29, 1.82) is 5.26 Å². The fourth-order valence-electron chi connectivity index (χ4n) is 4.75. The summed E-state index contributed by atoms with van der Waals surface area (Å²) in [6.07, 6.45) is 3.05. The molecule has 0 atom stereocenters. The number of rotatable bonds is 8. The van der Waals surface area contributed by atoms with Crippen molar-refractivity contribution in [3.8, 4) is 17.2 Å². The monoisotopic (exact) mass is 524 g/mol. The van der Waals surface area contributed by atoms with E-state index in [4.69, 9.17) is 0 Å². The Kier molecular flexibility index (Phi) is 7.43. The maximum Gasteiger partial charge on any atom is 0.283 e. The molecule has 1 amide bonds. The predicted molar refractivity (Wildman–Crippen MR) is 135 cm³/mol. The number of carbonyl (C=O) groups excluding carboxylic acids is 1. The number of hydrogen-bond acceptors (Lipinski definition) is 7. The largest absolute Gasteiger partial charge is 0.304 e. The first kappa shape index (κ1) is 26.4. The number of nitriles is 1. The minimum atomic E-state index is -4.24. The number of hydrogen-bond donors (Lipinski definition) is 1. The lowest BCUT2D eigenvalue weighted by atomic mass is 9.90. The highest BCUT2D eigenvalue weighted by Crippen LogP contribution is 2.36. The highest BCUT2D eigenvalue weighted by atomic mass is 32.2. The third-order valence-electron chi connectivity index (χ3n) is 6.27. The third kappa shape index (κ3) is 5.55. The van der Waals surface area contributed by atoms with E-state index >= 15 is 0 Å². The number of fused-ring (bicyclic) bond motifs is 1. The molecule has 0 fully saturated rings. The minimum Gasteiger partial charge on any atom is -0.304 e. The fraction of sp³-hybridized carbons (Fsp3) is 0.385. The number of nitrogens with zero attached hydrogens (tertiary/aromatic N) is 5. The fourth-order valence-corrected chi connectivity index (χ4v) is 5.71. The summed E-state index contributed by atoms with van der Waals surface area (Å²) in [5.41, 5.74) is 3.67. The van der Waals surface area contributed by atoms with Crippen LogP contribution in [0.4, 0.5) is 4.39 Å². The van der Waals surface area contributed by atoms with Crippen LogP contribution in [-0.4, -0.2) is 48.1 Å². The van der Waals surface area contributed by atoms with E-state index in [-0.39, 0.29) is 29.0 Å². The zero-order chi connectivity index (χ0) is 26.9. The van der Waals surface area contributed by atoms with Crippen LogP contribution in [0, 0.1) is 17.1 Å². The summed E-state index contributed by atoms with van der Waals surface area (Å²) in [6, 6.07) is 7.88. The standard InChI is InChI=1S/C26H29FN6O3S/c1-16(2)33-19(15-32(3)4)11-26(30-33)37(35,36)31-25(34)13-23-20-6-5-7-21(20)24(27)12-22(23)17-8-9-29-18(10-17)14-28/h8-12,16H,5-7,13,15H2,1-4H3,(H,31,34). The second-order valence-electron chi connectivity index (χ2n) is 9.69. The summed E-state index contributed by atoms with van der Waals surface area (Å²) in [4.78, 5) is 19.0. The van der Waals surface area contributed by atoms with E-state index < -0.39 is 15.9 Å². The highest BCUT2D eigenvalue weighted by molar-refractivity contribution is 7.90. The summed E-state index contributed by atoms with van der Waals surface area (Å²) in [6.45, 7) is 4.28. The molecule has 37 heavy (non-hydrogen) atoms. The van der Waals surface area contributed by atoms with Crippen molar-refractivity contribution < 1.29 is 17.6 Å². The van der Waals surface area contributed by atoms with Crippen molar-refractivity contribution in [3.05, 3.63) is 64.4 Å². The summed E-state index contributed by atoms with van der Waals surface area (Å²) < 4.78 is 44.9. The average molecular weight is 525 g/mol. The molecule has 0 saturated carbocycles. The summed E-state index contributed by atoms with van der Waals surface area (Å²) in [5.74, 6) is -1.12. The van der Waals surface area contributed by atoms with E-state index in [0.717, 1.165) is 12.0 Å². The van der Waals surface area contributed by atoms with Crippen molar-refractivity contribution in [2.75, 3.05) is 14.1 Å². The Morgan fingerprint density at radius 2 is 1.97 bits per heavy atom. The predicted octanol–water partition coefficient (Wildman–Crippen LogP) is 3.13. The molecule has 1 aromatic carbocycles. The molecule has 4 rings (SSSR count). The van der Waals surface area contributed by atoms with Gasteiger partial charge in [0, 0.05) is 24.8 Å². The van der Waals surface area contributed by atoms with Crippen molar-refractivity contribution in [1.82, 2.24) is 24.4 Å². The van der Waals surface area contributed by atoms with Gasteiger partial charge in [-0.2, -0.15) is 18.8 Å². The molecule has 2 aromatic heterocycles. The molecule has 2 heterocycles. The first-order chi connectivity index (χ1) is 17.5. The SMILES string of the molecule is CC(C)n1nc(S(=O)(=O)NC(=O)Cc2c(-c3ccnc(C#N)c3)cc(F)c3c2CCC3)cc1CN(C)C. The zero-order valence-electron chi connectivity index (χ0n) is 21.2. The number of benzene rings is 1. The summed E-state index contributed by atoms with van der Waals surface area (Å²) >= 11 is 0. The Hall–Kier alpha value is -3.62. The van der Waals surface area contributed by atoms with Crippen molar-refractivity contribution in [3.63, 3.8) is 0 Å². The average Bonchev–Trinajstić information content (AvgIpc) is 3.48. The van der Waals surface area contributed by atoms with Crippen LogP contribution in [-0.2, 0) is 40.6 Å². The van der Waals surface area contributed by atoms with Gasteiger partial charge in [0.05, 0.1) is 12.1 Å². The third-order valence-corrected chi connectivity index (χ3v) is 7.52. The van der Waals surface area contributed by atoms with Crippen LogP contribution in [0.2, 0.25) is 0 Å². The first-order valence-electron chi connectivity index (χ1n) is 12.0. The Morgan fingerprint density at radius 3 is 2.65 bits per heavy atom. The van der Waals surface area contributed by atoms with Gasteiger partial charge < -0.3 is 4.90 Å². The number of halogens is 1. The van der Waals surface area contributed by atoms with Crippen LogP contribution in [0.25, 0.3) is 11.1 Å². The second kappa shape index (κ2) is 10.4. The van der Waals surface area contributed by atoms with Gasteiger partial charge in [-0.05, 0) is 93.2 Å². The van der Waals surface area contributed by atoms with Gasteiger partial charge in [-0.15, -0.1) is 0 Å². The zero-order valence-corrected chi connectivity index (χ0v) is 22.1. The second-order valence-corrected chi connectivity index (χ2v) is 11.3. The molecule has 0 unspecified atom stereocenters. The van der Waals surface area contributed by atoms with Crippen LogP contribution in [0.5, 0.6) is 0 Å². The van der Waals surface area contributed by atoms with E-state index in [2.05, 4.69) is 14.8 Å². The maximum atomic E-state index is 14.9. The van der Waals surface area contributed by atoms with Gasteiger partial charge in [0.15, 0.2) is 5.03 Å². The lowest BCUT2D eigenvalue weighted by Gasteiger charge is -2.16. The molecular formula is C26H29FN6O3S. The molecule has 1 aliphatic carbocycles. The van der Waals surface area contributed by atoms with Gasteiger partial charge in [0.25, 0.3) is 10.0 Å². The van der Waals surface area contributed by atoms with Crippen LogP contribution in [0.1, 0.15) is 54.4 Å². The molecule has 194 valence electrons. The van der Waals surface area contributed by atoms with E-state index in [1.807, 2.05) is 38.9 Å². The highest BCUT2D eigenvalue weighted by Gasteiger charge is 2.28. The van der Waals surface area contributed by atoms with E-state index in [0.29, 0.717) is 47.3 Å². The quantitative estimate of drug-likeness (QED) is 0.481. The Bertz CT molecular complexity index is 1510. The number of amides is 1. The molecule has 0 aliphatic heterocycles. The van der Waals surface area contributed by atoms with Gasteiger partial charge >= 0.3 is 0 Å². The smallest absolute Gasteiger partial charge is 0.283 e. The van der Waals surface area contributed by atoms with E-state index in [9.17, 15) is 22.9 Å². The number of sulfonamides is 1. The van der Waals surface area contributed by atoms with Gasteiger partial charge in [-0.3, -0.25) is 9.48 Å². The van der Waals surface area contributed by atoms with Crippen molar-refractivity contribution >= 4 is 15.9 Å². The number of aromatic nitrogens is 3. The van der Waals surface area contributed by atoms with E-state index in [1.54, 1.807) is 10.7 Å². The Balaban J connectivity index is 1.68. The van der Waals surface area contributed by atoms with Gasteiger partial charge in [0.1, 0.15) is 17.6 Å².